The van der Waals surface area contributed by atoms with Crippen LogP contribution < -0.4 is 0 Å². The van der Waals surface area contributed by atoms with Gasteiger partial charge in [-0.2, -0.15) is 0 Å². The van der Waals surface area contributed by atoms with Crippen LogP contribution in [-0.2, 0) is 14.3 Å². The Morgan fingerprint density at radius 1 is 1.47 bits per heavy atom. The molecule has 0 aromatic heterocycles. The molecule has 0 amide bonds. The molecular weight excluding hydrogens is 194 g/mol. The van der Waals surface area contributed by atoms with Crippen molar-refractivity contribution >= 4 is 5.97 Å². The highest BCUT2D eigenvalue weighted by Crippen LogP contribution is 2.16. The van der Waals surface area contributed by atoms with Crippen molar-refractivity contribution < 1.29 is 14.3 Å². The van der Waals surface area contributed by atoms with E-state index in [-0.39, 0.29) is 5.97 Å². The Morgan fingerprint density at radius 3 is 2.53 bits per heavy atom. The van der Waals surface area contributed by atoms with Crippen LogP contribution in [0.3, 0.4) is 0 Å². The van der Waals surface area contributed by atoms with Crippen LogP contribution in [0.1, 0.15) is 27.2 Å². The molecule has 15 heavy (non-hydrogen) atoms. The van der Waals surface area contributed by atoms with Crippen LogP contribution in [0.4, 0.5) is 0 Å². The first-order valence-electron chi connectivity index (χ1n) is 5.25. The molecule has 0 unspecified atom stereocenters. The van der Waals surface area contributed by atoms with Gasteiger partial charge >= 0.3 is 5.97 Å². The molecule has 0 aliphatic carbocycles. The molecule has 1 atom stereocenters. The molecule has 1 rings (SSSR count). The summed E-state index contributed by atoms with van der Waals surface area (Å²) in [7, 11) is 1.53. The van der Waals surface area contributed by atoms with Gasteiger partial charge in [-0.3, -0.25) is 4.90 Å². The van der Waals surface area contributed by atoms with Gasteiger partial charge in [-0.05, 0) is 33.6 Å². The van der Waals surface area contributed by atoms with Crippen molar-refractivity contribution in [2.75, 3.05) is 20.2 Å². The summed E-state index contributed by atoms with van der Waals surface area (Å²) >= 11 is 0. The molecule has 1 fully saturated rings. The fraction of sp³-hybridized carbons (Fsp3) is 0.818. The van der Waals surface area contributed by atoms with Gasteiger partial charge in [-0.25, -0.2) is 4.79 Å². The number of esters is 1. The molecule has 0 bridgehead atoms. The molecule has 1 heterocycles. The van der Waals surface area contributed by atoms with Crippen LogP contribution in [-0.4, -0.2) is 42.9 Å². The molecule has 1 aliphatic rings. The quantitative estimate of drug-likeness (QED) is 0.662. The van der Waals surface area contributed by atoms with Crippen LogP contribution in [0.2, 0.25) is 0 Å². The van der Waals surface area contributed by atoms with Crippen molar-refractivity contribution in [2.24, 2.45) is 0 Å². The van der Waals surface area contributed by atoms with Gasteiger partial charge in [-0.15, -0.1) is 0 Å². The van der Waals surface area contributed by atoms with Gasteiger partial charge in [0.25, 0.3) is 0 Å². The Labute approximate surface area is 91.5 Å². The van der Waals surface area contributed by atoms with Crippen LogP contribution in [0.15, 0.2) is 0 Å². The standard InChI is InChI=1S/C11H20NO3/c1-11(2,3)15-10(13)9(14-4)12-7-5-6-8-12/h5,9H,6-8H2,1-4H3/t9-/m0/s1. The van der Waals surface area contributed by atoms with Gasteiger partial charge in [0.15, 0.2) is 0 Å². The Balaban J connectivity index is 2.53. The average molecular weight is 214 g/mol. The number of methoxy groups -OCH3 is 1. The number of ether oxygens (including phenoxy) is 2. The number of nitrogens with zero attached hydrogens (tertiary/aromatic N) is 1. The van der Waals surface area contributed by atoms with Gasteiger partial charge < -0.3 is 9.47 Å². The van der Waals surface area contributed by atoms with Gasteiger partial charge in [0.05, 0.1) is 0 Å². The summed E-state index contributed by atoms with van der Waals surface area (Å²) in [5, 5.41) is 0. The SMILES string of the molecule is CO[C@@H](C(=O)OC(C)(C)C)N1C[CH]CC1. The van der Waals surface area contributed by atoms with Crippen molar-refractivity contribution in [1.82, 2.24) is 4.90 Å². The van der Waals surface area contributed by atoms with E-state index in [4.69, 9.17) is 9.47 Å². The molecule has 0 saturated carbocycles. The van der Waals surface area contributed by atoms with E-state index in [9.17, 15) is 4.79 Å². The van der Waals surface area contributed by atoms with Crippen molar-refractivity contribution in [1.29, 1.82) is 0 Å². The molecule has 0 N–H and O–H groups in total. The molecular formula is C11H20NO3. The molecule has 4 heteroatoms. The maximum Gasteiger partial charge on any atom is 0.351 e. The normalized spacial score (nSPS) is 20.3. The van der Waals surface area contributed by atoms with Gasteiger partial charge in [-0.1, -0.05) is 0 Å². The Hall–Kier alpha value is -0.610. The molecule has 0 spiro atoms. The van der Waals surface area contributed by atoms with E-state index in [2.05, 4.69) is 6.42 Å². The molecule has 1 radical (unpaired) electrons. The maximum absolute atomic E-state index is 11.8. The third kappa shape index (κ3) is 3.80. The van der Waals surface area contributed by atoms with Crippen molar-refractivity contribution in [3.63, 3.8) is 0 Å². The fourth-order valence-corrected chi connectivity index (χ4v) is 1.57. The summed E-state index contributed by atoms with van der Waals surface area (Å²) in [6, 6.07) is 0. The summed E-state index contributed by atoms with van der Waals surface area (Å²) in [4.78, 5) is 13.7. The van der Waals surface area contributed by atoms with Crippen molar-refractivity contribution in [3.8, 4) is 0 Å². The van der Waals surface area contributed by atoms with E-state index in [0.717, 1.165) is 19.5 Å². The Morgan fingerprint density at radius 2 is 2.13 bits per heavy atom. The van der Waals surface area contributed by atoms with Crippen LogP contribution in [0.25, 0.3) is 0 Å². The fourth-order valence-electron chi connectivity index (χ4n) is 1.57. The number of carbonyl (C=O) groups is 1. The van der Waals surface area contributed by atoms with Crippen LogP contribution >= 0.6 is 0 Å². The molecule has 0 aromatic carbocycles. The zero-order valence-electron chi connectivity index (χ0n) is 9.95. The van der Waals surface area contributed by atoms with E-state index >= 15 is 0 Å². The second-order valence-electron chi connectivity index (χ2n) is 4.69. The van der Waals surface area contributed by atoms with E-state index in [1.54, 1.807) is 0 Å². The lowest BCUT2D eigenvalue weighted by atomic mass is 10.2. The summed E-state index contributed by atoms with van der Waals surface area (Å²) in [6.45, 7) is 7.21. The van der Waals surface area contributed by atoms with Crippen LogP contribution in [0.5, 0.6) is 0 Å². The molecule has 0 aromatic rings. The number of hydrogen-bond donors (Lipinski definition) is 0. The first-order chi connectivity index (χ1) is 6.94. The third-order valence-corrected chi connectivity index (χ3v) is 2.15. The monoisotopic (exact) mass is 214 g/mol. The minimum absolute atomic E-state index is 0.305. The van der Waals surface area contributed by atoms with Gasteiger partial charge in [0, 0.05) is 20.2 Å². The minimum Gasteiger partial charge on any atom is -0.457 e. The van der Waals surface area contributed by atoms with Gasteiger partial charge in [0.2, 0.25) is 6.23 Å². The highest BCUT2D eigenvalue weighted by atomic mass is 16.6. The van der Waals surface area contributed by atoms with E-state index in [0.29, 0.717) is 0 Å². The van der Waals surface area contributed by atoms with E-state index in [1.807, 2.05) is 25.7 Å². The average Bonchev–Trinajstić information content (AvgIpc) is 2.54. The number of hydrogen-bond acceptors (Lipinski definition) is 4. The zero-order valence-corrected chi connectivity index (χ0v) is 9.95. The third-order valence-electron chi connectivity index (χ3n) is 2.15. The second-order valence-corrected chi connectivity index (χ2v) is 4.69. The Kier molecular flexibility index (Phi) is 4.11. The second kappa shape index (κ2) is 4.94. The van der Waals surface area contributed by atoms with Crippen molar-refractivity contribution in [3.05, 3.63) is 6.42 Å². The lowest BCUT2D eigenvalue weighted by Gasteiger charge is -2.28. The lowest BCUT2D eigenvalue weighted by molar-refractivity contribution is -0.178. The number of rotatable bonds is 3. The van der Waals surface area contributed by atoms with Crippen molar-refractivity contribution in [2.45, 2.75) is 39.0 Å². The first kappa shape index (κ1) is 12.5. The lowest BCUT2D eigenvalue weighted by Crippen LogP contribution is -2.44. The first-order valence-corrected chi connectivity index (χ1v) is 5.25. The number of carbonyl (C=O) groups excluding carboxylic acids is 1. The van der Waals surface area contributed by atoms with Crippen LogP contribution in [0, 0.1) is 6.42 Å². The van der Waals surface area contributed by atoms with E-state index < -0.39 is 11.8 Å². The molecule has 1 aliphatic heterocycles. The predicted molar refractivity (Wildman–Crippen MR) is 57.1 cm³/mol. The summed E-state index contributed by atoms with van der Waals surface area (Å²) in [6.07, 6.45) is 2.57. The summed E-state index contributed by atoms with van der Waals surface area (Å²) < 4.78 is 10.5. The molecule has 1 saturated heterocycles. The predicted octanol–water partition coefficient (Wildman–Crippen LogP) is 1.21. The maximum atomic E-state index is 11.8. The summed E-state index contributed by atoms with van der Waals surface area (Å²) in [5.74, 6) is -0.305. The van der Waals surface area contributed by atoms with Gasteiger partial charge in [0.1, 0.15) is 5.60 Å². The summed E-state index contributed by atoms with van der Waals surface area (Å²) in [5.41, 5.74) is -0.461. The Bertz CT molecular complexity index is 216. The largest absolute Gasteiger partial charge is 0.457 e. The zero-order chi connectivity index (χ0) is 11.5. The number of likely N-dealkylation sites (tertiary alicyclic amines) is 1. The smallest absolute Gasteiger partial charge is 0.351 e. The highest BCUT2D eigenvalue weighted by Gasteiger charge is 2.31. The minimum atomic E-state index is -0.567. The highest BCUT2D eigenvalue weighted by molar-refractivity contribution is 5.74. The van der Waals surface area contributed by atoms with E-state index in [1.165, 1.54) is 7.11 Å². The topological polar surface area (TPSA) is 38.8 Å². The molecule has 4 nitrogen and oxygen atoms in total. The molecule has 87 valence electrons.